The first kappa shape index (κ1) is 25.0. The fourth-order valence-corrected chi connectivity index (χ4v) is 4.60. The van der Waals surface area contributed by atoms with Gasteiger partial charge in [-0.15, -0.1) is 11.8 Å². The highest BCUT2D eigenvalue weighted by Gasteiger charge is 2.49. The number of rotatable bonds is 6. The van der Waals surface area contributed by atoms with Crippen molar-refractivity contribution in [3.63, 3.8) is 0 Å². The van der Waals surface area contributed by atoms with Crippen LogP contribution < -0.4 is 10.6 Å². The first-order valence-corrected chi connectivity index (χ1v) is 11.2. The molecular formula is C22H33N3O5S. The molecule has 9 heteroatoms. The van der Waals surface area contributed by atoms with E-state index in [0.717, 1.165) is 5.56 Å². The van der Waals surface area contributed by atoms with Crippen molar-refractivity contribution < 1.29 is 24.2 Å². The average Bonchev–Trinajstić information content (AvgIpc) is 3.00. The molecule has 31 heavy (non-hydrogen) atoms. The maximum absolute atomic E-state index is 13.3. The number of thioether (sulfide) groups is 1. The summed E-state index contributed by atoms with van der Waals surface area (Å²) in [5.41, 5.74) is 0.116. The summed E-state index contributed by atoms with van der Waals surface area (Å²) in [6, 6.07) is 7.59. The topological polar surface area (TPSA) is 108 Å². The first-order chi connectivity index (χ1) is 14.4. The lowest BCUT2D eigenvalue weighted by atomic mass is 9.97. The summed E-state index contributed by atoms with van der Waals surface area (Å²) in [6.45, 7) is 8.98. The molecule has 0 unspecified atom stereocenters. The number of hydrogen-bond donors (Lipinski definition) is 3. The Morgan fingerprint density at radius 3 is 2.42 bits per heavy atom. The molecule has 1 heterocycles. The molecule has 0 bridgehead atoms. The summed E-state index contributed by atoms with van der Waals surface area (Å²) in [7, 11) is 1.52. The van der Waals surface area contributed by atoms with Crippen LogP contribution in [-0.4, -0.2) is 69.4 Å². The standard InChI is InChI=1S/C22H33N3O5S/c1-21(2,3)30-20(29)24-15(12-14-10-8-7-9-11-14)16(26)19(28)25-13-31-22(4,5)17(25)18(27)23-6/h7-11,15-17,26H,12-13H2,1-6H3,(H,23,27)(H,24,29)/t15-,16-,17+/m0/s1. The van der Waals surface area contributed by atoms with Crippen LogP contribution in [0.2, 0.25) is 0 Å². The molecule has 3 amide bonds. The van der Waals surface area contributed by atoms with Crippen LogP contribution >= 0.6 is 11.8 Å². The van der Waals surface area contributed by atoms with E-state index >= 15 is 0 Å². The minimum atomic E-state index is -1.55. The number of likely N-dealkylation sites (N-methyl/N-ethyl adjacent to an activating group) is 1. The van der Waals surface area contributed by atoms with Gasteiger partial charge >= 0.3 is 6.09 Å². The highest BCUT2D eigenvalue weighted by atomic mass is 32.2. The SMILES string of the molecule is CNC(=O)[C@H]1N(C(=O)[C@@H](O)[C@H](Cc2ccccc2)NC(=O)OC(C)(C)C)CSC1(C)C. The van der Waals surface area contributed by atoms with E-state index in [1.807, 2.05) is 44.2 Å². The van der Waals surface area contributed by atoms with Crippen molar-refractivity contribution in [1.29, 1.82) is 0 Å². The van der Waals surface area contributed by atoms with Crippen LogP contribution in [0.5, 0.6) is 0 Å². The lowest BCUT2D eigenvalue weighted by Gasteiger charge is -2.33. The van der Waals surface area contributed by atoms with E-state index in [1.165, 1.54) is 23.7 Å². The van der Waals surface area contributed by atoms with Gasteiger partial charge in [0.05, 0.1) is 11.9 Å². The maximum Gasteiger partial charge on any atom is 0.407 e. The third-order valence-electron chi connectivity index (χ3n) is 4.96. The smallest absolute Gasteiger partial charge is 0.407 e. The summed E-state index contributed by atoms with van der Waals surface area (Å²) in [5, 5.41) is 16.2. The molecule has 1 aromatic carbocycles. The van der Waals surface area contributed by atoms with Crippen molar-refractivity contribution in [3.05, 3.63) is 35.9 Å². The van der Waals surface area contributed by atoms with E-state index in [9.17, 15) is 19.5 Å². The summed E-state index contributed by atoms with van der Waals surface area (Å²) in [5.74, 6) is -0.634. The van der Waals surface area contributed by atoms with Gasteiger partial charge in [-0.05, 0) is 46.6 Å². The summed E-state index contributed by atoms with van der Waals surface area (Å²) >= 11 is 1.46. The van der Waals surface area contributed by atoms with E-state index in [2.05, 4.69) is 10.6 Å². The Hall–Kier alpha value is -2.26. The molecule has 2 rings (SSSR count). The minimum absolute atomic E-state index is 0.224. The van der Waals surface area contributed by atoms with E-state index < -0.39 is 40.5 Å². The molecule has 0 saturated carbocycles. The quantitative estimate of drug-likeness (QED) is 0.610. The number of nitrogens with one attached hydrogen (secondary N) is 2. The second-order valence-electron chi connectivity index (χ2n) is 9.09. The number of benzene rings is 1. The van der Waals surface area contributed by atoms with Gasteiger partial charge in [-0.2, -0.15) is 0 Å². The molecule has 1 aliphatic heterocycles. The Morgan fingerprint density at radius 1 is 1.26 bits per heavy atom. The molecule has 0 aromatic heterocycles. The molecule has 3 atom stereocenters. The van der Waals surface area contributed by atoms with Crippen molar-refractivity contribution in [1.82, 2.24) is 15.5 Å². The van der Waals surface area contributed by atoms with Crippen molar-refractivity contribution in [2.75, 3.05) is 12.9 Å². The number of carbonyl (C=O) groups excluding carboxylic acids is 3. The highest BCUT2D eigenvalue weighted by molar-refractivity contribution is 8.00. The fourth-order valence-electron chi connectivity index (χ4n) is 3.46. The third-order valence-corrected chi connectivity index (χ3v) is 6.33. The fraction of sp³-hybridized carbons (Fsp3) is 0.591. The zero-order valence-corrected chi connectivity index (χ0v) is 19.8. The predicted molar refractivity (Wildman–Crippen MR) is 121 cm³/mol. The molecule has 1 aromatic rings. The van der Waals surface area contributed by atoms with Crippen molar-refractivity contribution in [2.24, 2.45) is 0 Å². The Bertz CT molecular complexity index is 794. The summed E-state index contributed by atoms with van der Waals surface area (Å²) in [4.78, 5) is 39.5. The number of aliphatic hydroxyl groups is 1. The van der Waals surface area contributed by atoms with Gasteiger partial charge < -0.3 is 25.4 Å². The van der Waals surface area contributed by atoms with Gasteiger partial charge in [-0.3, -0.25) is 9.59 Å². The monoisotopic (exact) mass is 451 g/mol. The number of nitrogens with zero attached hydrogens (tertiary/aromatic N) is 1. The molecule has 1 aliphatic rings. The molecule has 8 nitrogen and oxygen atoms in total. The van der Waals surface area contributed by atoms with Gasteiger partial charge in [0.15, 0.2) is 6.10 Å². The minimum Gasteiger partial charge on any atom is -0.444 e. The lowest BCUT2D eigenvalue weighted by molar-refractivity contribution is -0.147. The number of carbonyl (C=O) groups is 3. The normalized spacial score (nSPS) is 20.0. The van der Waals surface area contributed by atoms with Gasteiger partial charge in [-0.25, -0.2) is 4.79 Å². The second-order valence-corrected chi connectivity index (χ2v) is 10.7. The van der Waals surface area contributed by atoms with E-state index in [1.54, 1.807) is 20.8 Å². The average molecular weight is 452 g/mol. The number of aliphatic hydroxyl groups excluding tert-OH is 1. The van der Waals surface area contributed by atoms with Gasteiger partial charge in [0.25, 0.3) is 5.91 Å². The summed E-state index contributed by atoms with van der Waals surface area (Å²) < 4.78 is 4.81. The molecule has 1 saturated heterocycles. The molecule has 0 spiro atoms. The molecule has 1 fully saturated rings. The Labute approximate surface area is 188 Å². The highest BCUT2D eigenvalue weighted by Crippen LogP contribution is 2.39. The van der Waals surface area contributed by atoms with Crippen LogP contribution in [0.15, 0.2) is 30.3 Å². The van der Waals surface area contributed by atoms with Crippen LogP contribution in [0.1, 0.15) is 40.2 Å². The van der Waals surface area contributed by atoms with Gasteiger partial charge in [0.1, 0.15) is 11.6 Å². The van der Waals surface area contributed by atoms with Gasteiger partial charge in [0, 0.05) is 11.8 Å². The molecule has 3 N–H and O–H groups in total. The van der Waals surface area contributed by atoms with Crippen molar-refractivity contribution in [3.8, 4) is 0 Å². The van der Waals surface area contributed by atoms with Crippen LogP contribution in [0.3, 0.4) is 0 Å². The summed E-state index contributed by atoms with van der Waals surface area (Å²) in [6.07, 6.45) is -2.05. The van der Waals surface area contributed by atoms with Crippen molar-refractivity contribution in [2.45, 2.75) is 69.6 Å². The van der Waals surface area contributed by atoms with Crippen LogP contribution in [-0.2, 0) is 20.7 Å². The molecule has 0 aliphatic carbocycles. The molecule has 172 valence electrons. The second kappa shape index (κ2) is 9.91. The van der Waals surface area contributed by atoms with Crippen molar-refractivity contribution >= 4 is 29.7 Å². The Balaban J connectivity index is 2.26. The largest absolute Gasteiger partial charge is 0.444 e. The van der Waals surface area contributed by atoms with Crippen LogP contribution in [0.25, 0.3) is 0 Å². The van der Waals surface area contributed by atoms with Gasteiger partial charge in [-0.1, -0.05) is 30.3 Å². The number of amides is 3. The number of alkyl carbamates (subject to hydrolysis) is 1. The van der Waals surface area contributed by atoms with E-state index in [0.29, 0.717) is 0 Å². The van der Waals surface area contributed by atoms with E-state index in [-0.39, 0.29) is 18.2 Å². The predicted octanol–water partition coefficient (Wildman–Crippen LogP) is 1.91. The maximum atomic E-state index is 13.3. The lowest BCUT2D eigenvalue weighted by Crippen LogP contribution is -2.58. The van der Waals surface area contributed by atoms with Crippen LogP contribution in [0, 0.1) is 0 Å². The first-order valence-electron chi connectivity index (χ1n) is 10.2. The third kappa shape index (κ3) is 6.61. The Kier molecular flexibility index (Phi) is 7.99. The number of ether oxygens (including phenoxy) is 1. The zero-order valence-electron chi connectivity index (χ0n) is 19.0. The van der Waals surface area contributed by atoms with E-state index in [4.69, 9.17) is 4.74 Å². The number of hydrogen-bond acceptors (Lipinski definition) is 6. The zero-order chi connectivity index (χ0) is 23.4. The van der Waals surface area contributed by atoms with Gasteiger partial charge in [0.2, 0.25) is 5.91 Å². The molecular weight excluding hydrogens is 418 g/mol. The molecule has 0 radical (unpaired) electrons. The van der Waals surface area contributed by atoms with Crippen LogP contribution in [0.4, 0.5) is 4.79 Å². The Morgan fingerprint density at radius 2 is 1.87 bits per heavy atom.